The quantitative estimate of drug-likeness (QED) is 0.400. The summed E-state index contributed by atoms with van der Waals surface area (Å²) in [4.78, 5) is 14.0. The Balaban J connectivity index is 1.57. The fourth-order valence-corrected chi connectivity index (χ4v) is 3.18. The molecule has 26 heavy (non-hydrogen) atoms. The van der Waals surface area contributed by atoms with Crippen LogP contribution in [-0.2, 0) is 0 Å². The number of hydrogen-bond acceptors (Lipinski definition) is 3. The van der Waals surface area contributed by atoms with Crippen LogP contribution in [0.1, 0.15) is 11.4 Å². The van der Waals surface area contributed by atoms with E-state index in [0.717, 1.165) is 44.1 Å². The Morgan fingerprint density at radius 1 is 0.538 bits per heavy atom. The number of hydrogen-bond donors (Lipinski definition) is 0. The summed E-state index contributed by atoms with van der Waals surface area (Å²) >= 11 is 0. The standard InChI is InChI=1S/C23H15N3/c1-2-6-21-16(4-1)9-11-19(25-21)13-14-20-12-10-18-8-7-17-5-3-15-24-22(17)23(18)26-20/h1-15H. The third-order valence-corrected chi connectivity index (χ3v) is 4.50. The Bertz CT molecular complexity index is 1290. The van der Waals surface area contributed by atoms with Gasteiger partial charge in [-0.05, 0) is 36.4 Å². The fraction of sp³-hybridized carbons (Fsp3) is 0. The summed E-state index contributed by atoms with van der Waals surface area (Å²) in [5.74, 6) is 0. The average molecular weight is 333 g/mol. The van der Waals surface area contributed by atoms with Gasteiger partial charge in [0.2, 0.25) is 0 Å². The summed E-state index contributed by atoms with van der Waals surface area (Å²) in [7, 11) is 0. The molecule has 3 nitrogen and oxygen atoms in total. The Labute approximate surface area is 150 Å². The van der Waals surface area contributed by atoms with E-state index >= 15 is 0 Å². The fourth-order valence-electron chi connectivity index (χ4n) is 3.18. The summed E-state index contributed by atoms with van der Waals surface area (Å²) in [5.41, 5.74) is 4.67. The summed E-state index contributed by atoms with van der Waals surface area (Å²) in [5, 5.41) is 3.34. The van der Waals surface area contributed by atoms with Crippen molar-refractivity contribution in [2.75, 3.05) is 0 Å². The Kier molecular flexibility index (Phi) is 3.42. The average Bonchev–Trinajstić information content (AvgIpc) is 2.72. The van der Waals surface area contributed by atoms with Crippen LogP contribution in [0.4, 0.5) is 0 Å². The van der Waals surface area contributed by atoms with Crippen molar-refractivity contribution < 1.29 is 0 Å². The topological polar surface area (TPSA) is 38.7 Å². The molecule has 3 heterocycles. The number of aromatic nitrogens is 3. The van der Waals surface area contributed by atoms with Gasteiger partial charge >= 0.3 is 0 Å². The zero-order valence-electron chi connectivity index (χ0n) is 14.0. The molecule has 2 aromatic carbocycles. The van der Waals surface area contributed by atoms with Gasteiger partial charge in [0.25, 0.3) is 0 Å². The minimum Gasteiger partial charge on any atom is -0.254 e. The first kappa shape index (κ1) is 14.7. The lowest BCUT2D eigenvalue weighted by atomic mass is 10.1. The molecular weight excluding hydrogens is 318 g/mol. The van der Waals surface area contributed by atoms with Gasteiger partial charge in [0.1, 0.15) is 0 Å². The van der Waals surface area contributed by atoms with E-state index in [1.165, 1.54) is 0 Å². The SMILES string of the molecule is C(=Cc1ccc2ccc3cccnc3c2n1)c1ccc2ccccc2n1. The molecule has 122 valence electrons. The van der Waals surface area contributed by atoms with Crippen molar-refractivity contribution in [2.45, 2.75) is 0 Å². The highest BCUT2D eigenvalue weighted by molar-refractivity contribution is 6.02. The van der Waals surface area contributed by atoms with Crippen LogP contribution in [0.3, 0.4) is 0 Å². The number of fused-ring (bicyclic) bond motifs is 4. The molecule has 0 N–H and O–H groups in total. The minimum absolute atomic E-state index is 0.894. The molecular formula is C23H15N3. The van der Waals surface area contributed by atoms with E-state index in [9.17, 15) is 0 Å². The first-order valence-corrected chi connectivity index (χ1v) is 8.55. The van der Waals surface area contributed by atoms with E-state index in [-0.39, 0.29) is 0 Å². The van der Waals surface area contributed by atoms with Gasteiger partial charge in [-0.25, -0.2) is 9.97 Å². The molecule has 0 fully saturated rings. The van der Waals surface area contributed by atoms with Gasteiger partial charge in [-0.2, -0.15) is 0 Å². The second-order valence-corrected chi connectivity index (χ2v) is 6.21. The normalized spacial score (nSPS) is 11.7. The Morgan fingerprint density at radius 3 is 2.08 bits per heavy atom. The maximum Gasteiger partial charge on any atom is 0.0971 e. The van der Waals surface area contributed by atoms with Gasteiger partial charge in [-0.3, -0.25) is 4.98 Å². The van der Waals surface area contributed by atoms with Gasteiger partial charge in [0, 0.05) is 22.4 Å². The second kappa shape index (κ2) is 6.05. The summed E-state index contributed by atoms with van der Waals surface area (Å²) in [6.45, 7) is 0. The predicted molar refractivity (Wildman–Crippen MR) is 108 cm³/mol. The first-order valence-electron chi connectivity index (χ1n) is 8.55. The molecule has 0 bridgehead atoms. The van der Waals surface area contributed by atoms with Crippen molar-refractivity contribution in [3.05, 3.63) is 90.4 Å². The molecule has 0 radical (unpaired) electrons. The molecule has 0 spiro atoms. The van der Waals surface area contributed by atoms with Crippen molar-refractivity contribution >= 4 is 44.9 Å². The lowest BCUT2D eigenvalue weighted by Gasteiger charge is -2.03. The van der Waals surface area contributed by atoms with E-state index in [0.29, 0.717) is 0 Å². The molecule has 5 rings (SSSR count). The van der Waals surface area contributed by atoms with E-state index < -0.39 is 0 Å². The second-order valence-electron chi connectivity index (χ2n) is 6.21. The summed E-state index contributed by atoms with van der Waals surface area (Å²) in [6, 6.07) is 24.5. The molecule has 0 saturated carbocycles. The van der Waals surface area contributed by atoms with Crippen molar-refractivity contribution in [2.24, 2.45) is 0 Å². The van der Waals surface area contributed by atoms with Crippen LogP contribution in [0.5, 0.6) is 0 Å². The molecule has 0 amide bonds. The van der Waals surface area contributed by atoms with Crippen LogP contribution in [0.15, 0.2) is 79.0 Å². The lowest BCUT2D eigenvalue weighted by molar-refractivity contribution is 1.35. The monoisotopic (exact) mass is 333 g/mol. The van der Waals surface area contributed by atoms with Crippen LogP contribution in [0, 0.1) is 0 Å². The molecule has 0 saturated heterocycles. The van der Waals surface area contributed by atoms with Gasteiger partial charge in [0.05, 0.1) is 27.9 Å². The highest BCUT2D eigenvalue weighted by Gasteiger charge is 2.03. The zero-order valence-corrected chi connectivity index (χ0v) is 14.0. The van der Waals surface area contributed by atoms with Gasteiger partial charge < -0.3 is 0 Å². The largest absolute Gasteiger partial charge is 0.254 e. The Morgan fingerprint density at radius 2 is 1.19 bits per heavy atom. The van der Waals surface area contributed by atoms with E-state index in [1.54, 1.807) is 0 Å². The molecule has 3 heteroatoms. The summed E-state index contributed by atoms with van der Waals surface area (Å²) < 4.78 is 0. The number of nitrogens with zero attached hydrogens (tertiary/aromatic N) is 3. The number of para-hydroxylation sites is 1. The Hall–Kier alpha value is -3.59. The molecule has 0 aliphatic carbocycles. The van der Waals surface area contributed by atoms with Crippen LogP contribution in [-0.4, -0.2) is 15.0 Å². The number of benzene rings is 2. The van der Waals surface area contributed by atoms with E-state index in [4.69, 9.17) is 4.98 Å². The maximum atomic E-state index is 4.80. The highest BCUT2D eigenvalue weighted by Crippen LogP contribution is 2.22. The third-order valence-electron chi connectivity index (χ3n) is 4.50. The van der Waals surface area contributed by atoms with Gasteiger partial charge in [0.15, 0.2) is 0 Å². The maximum absolute atomic E-state index is 4.80. The molecule has 0 atom stereocenters. The van der Waals surface area contributed by atoms with Crippen molar-refractivity contribution in [1.82, 2.24) is 15.0 Å². The van der Waals surface area contributed by atoms with Crippen molar-refractivity contribution in [3.63, 3.8) is 0 Å². The molecule has 5 aromatic rings. The van der Waals surface area contributed by atoms with Crippen LogP contribution >= 0.6 is 0 Å². The van der Waals surface area contributed by atoms with Gasteiger partial charge in [-0.1, -0.05) is 48.5 Å². The highest BCUT2D eigenvalue weighted by atomic mass is 14.7. The zero-order chi connectivity index (χ0) is 17.3. The third kappa shape index (κ3) is 2.60. The molecule has 0 aliphatic heterocycles. The smallest absolute Gasteiger partial charge is 0.0971 e. The number of rotatable bonds is 2. The van der Waals surface area contributed by atoms with Crippen molar-refractivity contribution in [1.29, 1.82) is 0 Å². The van der Waals surface area contributed by atoms with E-state index in [2.05, 4.69) is 46.4 Å². The van der Waals surface area contributed by atoms with Crippen LogP contribution in [0.2, 0.25) is 0 Å². The molecule has 0 unspecified atom stereocenters. The van der Waals surface area contributed by atoms with Gasteiger partial charge in [-0.15, -0.1) is 0 Å². The minimum atomic E-state index is 0.894. The van der Waals surface area contributed by atoms with Crippen LogP contribution < -0.4 is 0 Å². The lowest BCUT2D eigenvalue weighted by Crippen LogP contribution is -1.88. The van der Waals surface area contributed by atoms with E-state index in [1.807, 2.05) is 54.7 Å². The molecule has 3 aromatic heterocycles. The number of pyridine rings is 3. The summed E-state index contributed by atoms with van der Waals surface area (Å²) in [6.07, 6.45) is 5.81. The first-order chi connectivity index (χ1) is 12.9. The van der Waals surface area contributed by atoms with Crippen LogP contribution in [0.25, 0.3) is 44.9 Å². The van der Waals surface area contributed by atoms with Crippen molar-refractivity contribution in [3.8, 4) is 0 Å². The predicted octanol–water partition coefficient (Wildman–Crippen LogP) is 5.50. The molecule has 0 aliphatic rings.